The molecule has 2 aliphatic rings. The number of rotatable bonds is 5. The molecule has 2 unspecified atom stereocenters. The molecule has 114 valence electrons. The molecule has 2 fully saturated rings. The second-order valence-electron chi connectivity index (χ2n) is 5.60. The summed E-state index contributed by atoms with van der Waals surface area (Å²) in [6.45, 7) is 0.801. The molecule has 1 aromatic rings. The van der Waals surface area contributed by atoms with Crippen molar-refractivity contribution in [1.82, 2.24) is 5.32 Å². The van der Waals surface area contributed by atoms with Crippen LogP contribution in [0.15, 0.2) is 12.1 Å². The van der Waals surface area contributed by atoms with Crippen molar-refractivity contribution in [1.29, 1.82) is 0 Å². The van der Waals surface area contributed by atoms with Gasteiger partial charge in [-0.2, -0.15) is 4.39 Å². The van der Waals surface area contributed by atoms with Gasteiger partial charge in [-0.15, -0.1) is 0 Å². The van der Waals surface area contributed by atoms with Crippen LogP contribution in [0.25, 0.3) is 0 Å². The lowest BCUT2D eigenvalue weighted by Gasteiger charge is -2.19. The summed E-state index contributed by atoms with van der Waals surface area (Å²) in [5, 5.41) is 13.9. The van der Waals surface area contributed by atoms with Crippen molar-refractivity contribution in [3.8, 4) is 0 Å². The van der Waals surface area contributed by atoms with Crippen LogP contribution in [0.4, 0.5) is 14.5 Å². The highest BCUT2D eigenvalue weighted by Gasteiger charge is 2.40. The van der Waals surface area contributed by atoms with Crippen LogP contribution in [0, 0.1) is 27.7 Å². The van der Waals surface area contributed by atoms with Crippen LogP contribution in [0.3, 0.4) is 0 Å². The van der Waals surface area contributed by atoms with Gasteiger partial charge in [-0.05, 0) is 25.2 Å². The molecule has 1 aliphatic carbocycles. The maximum atomic E-state index is 13.7. The van der Waals surface area contributed by atoms with Crippen LogP contribution in [-0.4, -0.2) is 23.7 Å². The standard InChI is InChI=1S/C14H16F2N2O3/c15-10-6-11(16)13(18(19)20)5-9(10)7-17-12-3-4-21-14(12)8-1-2-8/h5-6,8,12,14,17H,1-4,7H2. The molecule has 0 aromatic heterocycles. The van der Waals surface area contributed by atoms with Gasteiger partial charge < -0.3 is 10.1 Å². The van der Waals surface area contributed by atoms with E-state index in [4.69, 9.17) is 4.74 Å². The Labute approximate surface area is 120 Å². The van der Waals surface area contributed by atoms with E-state index in [0.29, 0.717) is 18.6 Å². The first kappa shape index (κ1) is 14.3. The van der Waals surface area contributed by atoms with E-state index in [2.05, 4.69) is 5.32 Å². The van der Waals surface area contributed by atoms with Gasteiger partial charge in [-0.1, -0.05) is 0 Å². The molecule has 3 rings (SSSR count). The average molecular weight is 298 g/mol. The maximum absolute atomic E-state index is 13.7. The highest BCUT2D eigenvalue weighted by atomic mass is 19.1. The SMILES string of the molecule is O=[N+]([O-])c1cc(CNC2CCOC2C2CC2)c(F)cc1F. The van der Waals surface area contributed by atoms with Gasteiger partial charge in [-0.25, -0.2) is 4.39 Å². The molecule has 0 amide bonds. The summed E-state index contributed by atoms with van der Waals surface area (Å²) in [7, 11) is 0. The Bertz CT molecular complexity index is 563. The van der Waals surface area contributed by atoms with Crippen molar-refractivity contribution < 1.29 is 18.4 Å². The second-order valence-corrected chi connectivity index (χ2v) is 5.60. The average Bonchev–Trinajstić information content (AvgIpc) is 3.16. The Morgan fingerprint density at radius 2 is 2.05 bits per heavy atom. The molecule has 1 heterocycles. The van der Waals surface area contributed by atoms with Crippen LogP contribution in [-0.2, 0) is 11.3 Å². The van der Waals surface area contributed by atoms with E-state index < -0.39 is 22.2 Å². The molecule has 0 spiro atoms. The number of halogens is 2. The van der Waals surface area contributed by atoms with Crippen LogP contribution >= 0.6 is 0 Å². The second kappa shape index (κ2) is 5.65. The normalized spacial score (nSPS) is 25.2. The lowest BCUT2D eigenvalue weighted by molar-refractivity contribution is -0.387. The Hall–Kier alpha value is -1.60. The minimum atomic E-state index is -1.15. The maximum Gasteiger partial charge on any atom is 0.305 e. The number of hydrogen-bond donors (Lipinski definition) is 1. The van der Waals surface area contributed by atoms with E-state index in [-0.39, 0.29) is 24.3 Å². The van der Waals surface area contributed by atoms with Crippen LogP contribution in [0.1, 0.15) is 24.8 Å². The third kappa shape index (κ3) is 3.03. The van der Waals surface area contributed by atoms with Crippen molar-refractivity contribution >= 4 is 5.69 Å². The summed E-state index contributed by atoms with van der Waals surface area (Å²) in [6, 6.07) is 1.65. The Kier molecular flexibility index (Phi) is 3.86. The van der Waals surface area contributed by atoms with Crippen LogP contribution < -0.4 is 5.32 Å². The highest BCUT2D eigenvalue weighted by Crippen LogP contribution is 2.38. The zero-order chi connectivity index (χ0) is 15.0. The molecule has 21 heavy (non-hydrogen) atoms. The summed E-state index contributed by atoms with van der Waals surface area (Å²) >= 11 is 0. The van der Waals surface area contributed by atoms with Crippen molar-refractivity contribution in [2.45, 2.75) is 38.0 Å². The smallest absolute Gasteiger partial charge is 0.305 e. The van der Waals surface area contributed by atoms with Crippen molar-refractivity contribution in [2.75, 3.05) is 6.61 Å². The molecule has 1 aromatic carbocycles. The Morgan fingerprint density at radius 3 is 2.71 bits per heavy atom. The van der Waals surface area contributed by atoms with E-state index in [9.17, 15) is 18.9 Å². The number of ether oxygens (including phenoxy) is 1. The third-order valence-corrected chi connectivity index (χ3v) is 4.09. The third-order valence-electron chi connectivity index (χ3n) is 4.09. The zero-order valence-electron chi connectivity index (χ0n) is 11.4. The quantitative estimate of drug-likeness (QED) is 0.670. The van der Waals surface area contributed by atoms with E-state index in [1.807, 2.05) is 0 Å². The Balaban J connectivity index is 1.69. The fourth-order valence-electron chi connectivity index (χ4n) is 2.82. The van der Waals surface area contributed by atoms with Gasteiger partial charge in [0, 0.05) is 36.9 Å². The molecule has 7 heteroatoms. The van der Waals surface area contributed by atoms with E-state index >= 15 is 0 Å². The number of hydrogen-bond acceptors (Lipinski definition) is 4. The first-order chi connectivity index (χ1) is 10.1. The summed E-state index contributed by atoms with van der Waals surface area (Å²) in [5.41, 5.74) is -0.598. The van der Waals surface area contributed by atoms with Gasteiger partial charge in [0.05, 0.1) is 11.0 Å². The monoisotopic (exact) mass is 298 g/mol. The summed E-state index contributed by atoms with van der Waals surface area (Å²) < 4.78 is 32.6. The molecule has 1 N–H and O–H groups in total. The molecular formula is C14H16F2N2O3. The van der Waals surface area contributed by atoms with Gasteiger partial charge in [-0.3, -0.25) is 10.1 Å². The van der Waals surface area contributed by atoms with E-state index in [0.717, 1.165) is 25.3 Å². The molecule has 0 bridgehead atoms. The predicted molar refractivity (Wildman–Crippen MR) is 70.7 cm³/mol. The summed E-state index contributed by atoms with van der Waals surface area (Å²) in [5.74, 6) is -1.36. The number of nitro benzene ring substituents is 1. The fourth-order valence-corrected chi connectivity index (χ4v) is 2.82. The number of nitrogens with one attached hydrogen (secondary N) is 1. The van der Waals surface area contributed by atoms with Gasteiger partial charge in [0.15, 0.2) is 0 Å². The van der Waals surface area contributed by atoms with Crippen molar-refractivity contribution in [2.24, 2.45) is 5.92 Å². The predicted octanol–water partition coefficient (Wildman–Crippen LogP) is 2.53. The number of nitro groups is 1. The van der Waals surface area contributed by atoms with E-state index in [1.165, 1.54) is 0 Å². The highest BCUT2D eigenvalue weighted by molar-refractivity contribution is 5.37. The van der Waals surface area contributed by atoms with Crippen molar-refractivity contribution in [3.05, 3.63) is 39.4 Å². The number of nitrogens with zero attached hydrogens (tertiary/aromatic N) is 1. The van der Waals surface area contributed by atoms with Gasteiger partial charge in [0.25, 0.3) is 0 Å². The molecule has 5 nitrogen and oxygen atoms in total. The summed E-state index contributed by atoms with van der Waals surface area (Å²) in [4.78, 5) is 9.85. The first-order valence-electron chi connectivity index (χ1n) is 7.03. The fraction of sp³-hybridized carbons (Fsp3) is 0.571. The van der Waals surface area contributed by atoms with E-state index in [1.54, 1.807) is 0 Å². The molecule has 2 atom stereocenters. The van der Waals surface area contributed by atoms with Crippen LogP contribution in [0.5, 0.6) is 0 Å². The largest absolute Gasteiger partial charge is 0.376 e. The lowest BCUT2D eigenvalue weighted by Crippen LogP contribution is -2.37. The topological polar surface area (TPSA) is 64.4 Å². The lowest BCUT2D eigenvalue weighted by atomic mass is 10.1. The molecular weight excluding hydrogens is 282 g/mol. The minimum Gasteiger partial charge on any atom is -0.376 e. The molecule has 0 radical (unpaired) electrons. The van der Waals surface area contributed by atoms with Crippen molar-refractivity contribution in [3.63, 3.8) is 0 Å². The first-order valence-corrected chi connectivity index (χ1v) is 7.03. The zero-order valence-corrected chi connectivity index (χ0v) is 11.4. The van der Waals surface area contributed by atoms with Crippen LogP contribution in [0.2, 0.25) is 0 Å². The minimum absolute atomic E-state index is 0.101. The Morgan fingerprint density at radius 1 is 1.29 bits per heavy atom. The number of benzene rings is 1. The van der Waals surface area contributed by atoms with Gasteiger partial charge in [0.1, 0.15) is 5.82 Å². The van der Waals surface area contributed by atoms with Gasteiger partial charge in [0.2, 0.25) is 5.82 Å². The van der Waals surface area contributed by atoms with Gasteiger partial charge >= 0.3 is 5.69 Å². The molecule has 1 saturated heterocycles. The molecule has 1 saturated carbocycles. The molecule has 1 aliphatic heterocycles. The summed E-state index contributed by atoms with van der Waals surface area (Å²) in [6.07, 6.45) is 3.29.